The van der Waals surface area contributed by atoms with Crippen molar-refractivity contribution in [3.8, 4) is 22.1 Å². The molecule has 0 bridgehead atoms. The summed E-state index contributed by atoms with van der Waals surface area (Å²) in [4.78, 5) is 34.8. The molecule has 4 N–H and O–H groups in total. The zero-order chi connectivity index (χ0) is 30.3. The third kappa shape index (κ3) is 7.17. The molecule has 0 spiro atoms. The zero-order valence-corrected chi connectivity index (χ0v) is 23.8. The molecule has 3 heterocycles. The predicted octanol–water partition coefficient (Wildman–Crippen LogP) is 5.37. The highest BCUT2D eigenvalue weighted by Crippen LogP contribution is 2.39. The molecule has 0 radical (unpaired) electrons. The molecule has 2 aromatic carbocycles. The fraction of sp³-hybridized carbons (Fsp3) is 0.161. The van der Waals surface area contributed by atoms with Gasteiger partial charge in [-0.3, -0.25) is 19.6 Å². The van der Waals surface area contributed by atoms with Gasteiger partial charge in [-0.05, 0) is 59.7 Å². The van der Waals surface area contributed by atoms with E-state index >= 15 is 4.39 Å². The second-order valence-corrected chi connectivity index (χ2v) is 10.5. The number of nitrogens with zero attached hydrogens (tertiary/aromatic N) is 2. The van der Waals surface area contributed by atoms with E-state index in [0.717, 1.165) is 40.9 Å². The van der Waals surface area contributed by atoms with Crippen LogP contribution in [0.1, 0.15) is 17.0 Å². The number of rotatable bonds is 12. The number of carbonyl (C=O) groups is 2. The number of hydrogen-bond donors (Lipinski definition) is 3. The molecule has 0 aliphatic rings. The smallest absolute Gasteiger partial charge is 0.241 e. The second kappa shape index (κ2) is 13.5. The summed E-state index contributed by atoms with van der Waals surface area (Å²) in [5.41, 5.74) is 8.24. The minimum atomic E-state index is -1.49. The first-order valence-corrected chi connectivity index (χ1v) is 14.0. The number of methoxy groups -OCH3 is 1. The molecule has 0 fully saturated rings. The normalized spacial score (nSPS) is 11.8. The minimum absolute atomic E-state index is 0.0404. The van der Waals surface area contributed by atoms with Gasteiger partial charge in [-0.15, -0.1) is 11.3 Å². The summed E-state index contributed by atoms with van der Waals surface area (Å²) in [5.74, 6) is -4.25. The number of anilines is 1. The standard InChI is InChI=1S/C31H27F2N5O4S/c1-41-13-12-35-16-18-2-8-23(37-17-18)27-15-24-29(43-27)26(10-11-36-24)42-25-9-3-19(14-22(25)33)28(30(34)39)31(40)38-21-6-4-20(32)5-7-21/h2-11,14-15,17,28,35H,12-13,16H2,1H3,(H2,34,39)(H,38,40). The van der Waals surface area contributed by atoms with Crippen molar-refractivity contribution in [3.05, 3.63) is 102 Å². The molecule has 0 saturated carbocycles. The Morgan fingerprint density at radius 2 is 1.81 bits per heavy atom. The molecule has 0 aliphatic carbocycles. The lowest BCUT2D eigenvalue weighted by atomic mass is 9.97. The van der Waals surface area contributed by atoms with E-state index in [1.807, 2.05) is 18.2 Å². The highest BCUT2D eigenvalue weighted by atomic mass is 32.1. The predicted molar refractivity (Wildman–Crippen MR) is 160 cm³/mol. The van der Waals surface area contributed by atoms with Gasteiger partial charge in [0, 0.05) is 44.3 Å². The Morgan fingerprint density at radius 1 is 1.00 bits per heavy atom. The Hall–Kier alpha value is -4.78. The van der Waals surface area contributed by atoms with Crippen molar-refractivity contribution in [1.29, 1.82) is 0 Å². The van der Waals surface area contributed by atoms with E-state index in [-0.39, 0.29) is 17.0 Å². The van der Waals surface area contributed by atoms with Crippen molar-refractivity contribution in [2.75, 3.05) is 25.6 Å². The first kappa shape index (κ1) is 29.7. The number of nitrogens with two attached hydrogens (primary N) is 1. The van der Waals surface area contributed by atoms with Crippen LogP contribution in [0.5, 0.6) is 11.5 Å². The lowest BCUT2D eigenvalue weighted by molar-refractivity contribution is -0.127. The number of aromatic nitrogens is 2. The van der Waals surface area contributed by atoms with E-state index < -0.39 is 29.4 Å². The molecule has 2 amide bonds. The van der Waals surface area contributed by atoms with Crippen LogP contribution in [-0.4, -0.2) is 42.0 Å². The van der Waals surface area contributed by atoms with Crippen molar-refractivity contribution in [2.45, 2.75) is 12.5 Å². The van der Waals surface area contributed by atoms with Crippen LogP contribution >= 0.6 is 11.3 Å². The summed E-state index contributed by atoms with van der Waals surface area (Å²) in [7, 11) is 1.66. The number of thiophene rings is 1. The Labute approximate surface area is 249 Å². The van der Waals surface area contributed by atoms with Gasteiger partial charge < -0.3 is 25.8 Å². The molecule has 1 unspecified atom stereocenters. The number of nitrogens with one attached hydrogen (secondary N) is 2. The van der Waals surface area contributed by atoms with Crippen LogP contribution in [0.3, 0.4) is 0 Å². The van der Waals surface area contributed by atoms with Gasteiger partial charge in [0.1, 0.15) is 17.5 Å². The van der Waals surface area contributed by atoms with E-state index in [1.165, 1.54) is 35.6 Å². The molecule has 1 atom stereocenters. The summed E-state index contributed by atoms with van der Waals surface area (Å²) >= 11 is 1.41. The summed E-state index contributed by atoms with van der Waals surface area (Å²) in [6.45, 7) is 2.04. The maximum Gasteiger partial charge on any atom is 0.241 e. The number of amides is 2. The average Bonchev–Trinajstić information content (AvgIpc) is 3.44. The van der Waals surface area contributed by atoms with Gasteiger partial charge in [0.2, 0.25) is 11.8 Å². The molecule has 0 saturated heterocycles. The van der Waals surface area contributed by atoms with Crippen molar-refractivity contribution < 1.29 is 27.8 Å². The van der Waals surface area contributed by atoms with Crippen LogP contribution in [0, 0.1) is 11.6 Å². The van der Waals surface area contributed by atoms with Crippen molar-refractivity contribution in [2.24, 2.45) is 5.73 Å². The maximum atomic E-state index is 15.2. The van der Waals surface area contributed by atoms with Crippen LogP contribution in [0.15, 0.2) is 79.1 Å². The lowest BCUT2D eigenvalue weighted by Gasteiger charge is -2.15. The van der Waals surface area contributed by atoms with Crippen LogP contribution in [0.25, 0.3) is 20.8 Å². The average molecular weight is 604 g/mol. The molecule has 43 heavy (non-hydrogen) atoms. The molecule has 5 rings (SSSR count). The Balaban J connectivity index is 1.33. The highest BCUT2D eigenvalue weighted by molar-refractivity contribution is 7.22. The summed E-state index contributed by atoms with van der Waals surface area (Å²) in [6, 6.07) is 16.2. The number of halogens is 2. The van der Waals surface area contributed by atoms with Gasteiger partial charge in [0.15, 0.2) is 11.6 Å². The monoisotopic (exact) mass is 603 g/mol. The quantitative estimate of drug-likeness (QED) is 0.129. The number of benzene rings is 2. The van der Waals surface area contributed by atoms with E-state index in [9.17, 15) is 14.0 Å². The van der Waals surface area contributed by atoms with E-state index in [2.05, 4.69) is 20.6 Å². The Kier molecular flexibility index (Phi) is 9.30. The summed E-state index contributed by atoms with van der Waals surface area (Å²) in [5, 5.41) is 5.77. The first-order valence-electron chi connectivity index (χ1n) is 13.2. The number of hydrogen-bond acceptors (Lipinski definition) is 8. The molecule has 12 heteroatoms. The Bertz CT molecular complexity index is 1750. The Morgan fingerprint density at radius 3 is 2.51 bits per heavy atom. The van der Waals surface area contributed by atoms with Gasteiger partial charge >= 0.3 is 0 Å². The lowest BCUT2D eigenvalue weighted by Crippen LogP contribution is -2.32. The number of pyridine rings is 2. The van der Waals surface area contributed by atoms with Crippen LogP contribution in [-0.2, 0) is 20.9 Å². The summed E-state index contributed by atoms with van der Waals surface area (Å²) < 4.78 is 40.1. The molecular formula is C31H27F2N5O4S. The summed E-state index contributed by atoms with van der Waals surface area (Å²) in [6.07, 6.45) is 3.37. The molecule has 9 nitrogen and oxygen atoms in total. The maximum absolute atomic E-state index is 15.2. The minimum Gasteiger partial charge on any atom is -0.453 e. The fourth-order valence-corrected chi connectivity index (χ4v) is 5.34. The molecule has 3 aromatic heterocycles. The van der Waals surface area contributed by atoms with Crippen molar-refractivity contribution >= 4 is 39.1 Å². The first-order chi connectivity index (χ1) is 20.8. The second-order valence-electron chi connectivity index (χ2n) is 9.48. The number of ether oxygens (including phenoxy) is 2. The van der Waals surface area contributed by atoms with E-state index in [4.69, 9.17) is 15.2 Å². The van der Waals surface area contributed by atoms with E-state index in [0.29, 0.717) is 29.1 Å². The van der Waals surface area contributed by atoms with Crippen LogP contribution < -0.4 is 21.1 Å². The number of carbonyl (C=O) groups excluding carboxylic acids is 2. The number of fused-ring (bicyclic) bond motifs is 1. The number of primary amides is 1. The van der Waals surface area contributed by atoms with Crippen molar-refractivity contribution in [3.63, 3.8) is 0 Å². The largest absolute Gasteiger partial charge is 0.453 e. The molecule has 5 aromatic rings. The van der Waals surface area contributed by atoms with Gasteiger partial charge in [-0.2, -0.15) is 0 Å². The van der Waals surface area contributed by atoms with Crippen molar-refractivity contribution in [1.82, 2.24) is 15.3 Å². The fourth-order valence-electron chi connectivity index (χ4n) is 4.29. The molecule has 220 valence electrons. The third-order valence-corrected chi connectivity index (χ3v) is 7.59. The van der Waals surface area contributed by atoms with E-state index in [1.54, 1.807) is 25.6 Å². The van der Waals surface area contributed by atoms with Gasteiger partial charge in [-0.25, -0.2) is 8.78 Å². The van der Waals surface area contributed by atoms with Gasteiger partial charge in [0.25, 0.3) is 0 Å². The molecule has 0 aliphatic heterocycles. The van der Waals surface area contributed by atoms with Gasteiger partial charge in [-0.1, -0.05) is 12.1 Å². The topological polar surface area (TPSA) is 128 Å². The highest BCUT2D eigenvalue weighted by Gasteiger charge is 2.28. The molecular weight excluding hydrogens is 576 g/mol. The third-order valence-electron chi connectivity index (χ3n) is 6.43. The van der Waals surface area contributed by atoms with Crippen LogP contribution in [0.4, 0.5) is 14.5 Å². The van der Waals surface area contributed by atoms with Crippen LogP contribution in [0.2, 0.25) is 0 Å². The zero-order valence-electron chi connectivity index (χ0n) is 23.0. The van der Waals surface area contributed by atoms with Gasteiger partial charge in [0.05, 0.1) is 27.4 Å². The SMILES string of the molecule is COCCNCc1ccc(-c2cc3nccc(Oc4ccc(C(C(N)=O)C(=O)Nc5ccc(F)cc5)cc4F)c3s2)nc1.